The van der Waals surface area contributed by atoms with Crippen molar-refractivity contribution in [2.45, 2.75) is 106 Å². The summed E-state index contributed by atoms with van der Waals surface area (Å²) in [5.74, 6) is -1.97. The van der Waals surface area contributed by atoms with Crippen molar-refractivity contribution in [1.82, 2.24) is 10.6 Å². The maximum atomic E-state index is 14.6. The van der Waals surface area contributed by atoms with E-state index in [4.69, 9.17) is 35.3 Å². The zero-order valence-corrected chi connectivity index (χ0v) is 30.0. The molecular formula is C34H46ClN3O14. The van der Waals surface area contributed by atoms with Gasteiger partial charge in [-0.25, -0.2) is 9.59 Å². The summed E-state index contributed by atoms with van der Waals surface area (Å²) in [6.45, 7) is 4.27. The molecule has 8 N–H and O–H groups in total. The monoisotopic (exact) mass is 755 g/mol. The number of methoxy groups -OCH3 is 1. The third kappa shape index (κ3) is 7.74. The van der Waals surface area contributed by atoms with Crippen LogP contribution in [0.4, 0.5) is 15.3 Å². The number of benzene rings is 1. The zero-order valence-electron chi connectivity index (χ0n) is 29.3. The summed E-state index contributed by atoms with van der Waals surface area (Å²) in [6, 6.07) is 2.83. The molecule has 3 saturated heterocycles. The first kappa shape index (κ1) is 39.7. The predicted octanol–water partition coefficient (Wildman–Crippen LogP) is 0.348. The number of phenolic OH excluding ortho intramolecular Hbond substituents is 1. The molecular weight excluding hydrogens is 710 g/mol. The number of aliphatic hydroxyl groups is 5. The Balaban J connectivity index is 1.66. The number of halogens is 1. The third-order valence-corrected chi connectivity index (χ3v) is 10.5. The minimum Gasteiger partial charge on any atom is -0.506 e. The van der Waals surface area contributed by atoms with Crippen LogP contribution in [0, 0.1) is 5.92 Å². The average Bonchev–Trinajstić information content (AvgIpc) is 3.79. The zero-order chi connectivity index (χ0) is 38.3. The number of aliphatic hydroxyl groups excluding tert-OH is 4. The van der Waals surface area contributed by atoms with Crippen LogP contribution >= 0.6 is 11.6 Å². The second kappa shape index (κ2) is 15.5. The number of anilines is 1. The van der Waals surface area contributed by atoms with Gasteiger partial charge < -0.3 is 59.6 Å². The van der Waals surface area contributed by atoms with E-state index in [1.54, 1.807) is 39.0 Å². The van der Waals surface area contributed by atoms with Crippen LogP contribution in [0.2, 0.25) is 5.02 Å². The van der Waals surface area contributed by atoms with Crippen molar-refractivity contribution in [3.8, 4) is 5.75 Å². The Hall–Kier alpha value is -3.52. The molecule has 4 heterocycles. The number of epoxide rings is 1. The lowest BCUT2D eigenvalue weighted by atomic mass is 9.83. The van der Waals surface area contributed by atoms with Crippen LogP contribution < -0.4 is 15.5 Å². The molecule has 0 aromatic heterocycles. The quantitative estimate of drug-likeness (QED) is 0.193. The fourth-order valence-electron chi connectivity index (χ4n) is 7.12. The Labute approximate surface area is 304 Å². The van der Waals surface area contributed by atoms with Crippen LogP contribution in [0.3, 0.4) is 0 Å². The normalized spacial score (nSPS) is 39.4. The lowest BCUT2D eigenvalue weighted by Crippen LogP contribution is -2.64. The Kier molecular flexibility index (Phi) is 11.8. The Morgan fingerprint density at radius 3 is 2.56 bits per heavy atom. The van der Waals surface area contributed by atoms with Gasteiger partial charge in [-0.2, -0.15) is 0 Å². The van der Waals surface area contributed by atoms with Crippen LogP contribution in [0.1, 0.15) is 39.2 Å². The number of hydrogen-bond donors (Lipinski definition) is 8. The molecule has 0 unspecified atom stereocenters. The number of nitrogens with zero attached hydrogens (tertiary/aromatic N) is 1. The first-order valence-electron chi connectivity index (χ1n) is 16.8. The lowest BCUT2D eigenvalue weighted by Gasteiger charge is -2.45. The molecule has 3 fully saturated rings. The molecule has 288 valence electrons. The van der Waals surface area contributed by atoms with Crippen molar-refractivity contribution in [2.75, 3.05) is 25.7 Å². The number of carbonyl (C=O) groups excluding carboxylic acids is 3. The smallest absolute Gasteiger partial charge is 0.409 e. The number of fused-ring (bicyclic) bond motifs is 5. The van der Waals surface area contributed by atoms with Crippen LogP contribution in [0.5, 0.6) is 5.75 Å². The molecule has 4 aliphatic heterocycles. The van der Waals surface area contributed by atoms with E-state index in [2.05, 4.69) is 10.6 Å². The third-order valence-electron chi connectivity index (χ3n) is 10.1. The highest BCUT2D eigenvalue weighted by molar-refractivity contribution is 6.35. The van der Waals surface area contributed by atoms with Gasteiger partial charge in [0.15, 0.2) is 12.0 Å². The van der Waals surface area contributed by atoms with Crippen molar-refractivity contribution >= 4 is 35.4 Å². The summed E-state index contributed by atoms with van der Waals surface area (Å²) in [5, 5.41) is 69.4. The molecule has 18 heteroatoms. The van der Waals surface area contributed by atoms with E-state index >= 15 is 0 Å². The highest BCUT2D eigenvalue weighted by Crippen LogP contribution is 2.49. The van der Waals surface area contributed by atoms with Gasteiger partial charge in [0.25, 0.3) is 0 Å². The van der Waals surface area contributed by atoms with E-state index in [0.717, 1.165) is 10.5 Å². The Bertz CT molecular complexity index is 1590. The van der Waals surface area contributed by atoms with Gasteiger partial charge in [0.2, 0.25) is 5.91 Å². The van der Waals surface area contributed by atoms with Crippen molar-refractivity contribution in [3.05, 3.63) is 46.5 Å². The number of rotatable bonds is 4. The molecule has 0 aliphatic carbocycles. The Morgan fingerprint density at radius 2 is 1.90 bits per heavy atom. The van der Waals surface area contributed by atoms with Gasteiger partial charge >= 0.3 is 12.2 Å². The van der Waals surface area contributed by atoms with Crippen LogP contribution in [0.15, 0.2) is 35.9 Å². The number of phenols is 1. The summed E-state index contributed by atoms with van der Waals surface area (Å²) < 4.78 is 28.7. The van der Waals surface area contributed by atoms with Crippen molar-refractivity contribution < 1.29 is 68.7 Å². The van der Waals surface area contributed by atoms with Crippen molar-refractivity contribution in [1.29, 1.82) is 0 Å². The molecule has 52 heavy (non-hydrogen) atoms. The first-order chi connectivity index (χ1) is 24.5. The number of carbonyl (C=O) groups is 3. The van der Waals surface area contributed by atoms with E-state index in [-0.39, 0.29) is 23.6 Å². The van der Waals surface area contributed by atoms with Gasteiger partial charge in [0.05, 0.1) is 24.8 Å². The molecule has 17 nitrogen and oxygen atoms in total. The fraction of sp³-hybridized carbons (Fsp3) is 0.618. The van der Waals surface area contributed by atoms with Crippen molar-refractivity contribution in [2.24, 2.45) is 5.92 Å². The van der Waals surface area contributed by atoms with E-state index in [1.807, 2.05) is 0 Å². The van der Waals surface area contributed by atoms with Crippen LogP contribution in [0.25, 0.3) is 0 Å². The molecule has 3 amide bonds. The van der Waals surface area contributed by atoms with E-state index < -0.39 is 109 Å². The van der Waals surface area contributed by atoms with Gasteiger partial charge in [-0.1, -0.05) is 42.3 Å². The Morgan fingerprint density at radius 1 is 1.19 bits per heavy atom. The fourth-order valence-corrected chi connectivity index (χ4v) is 7.32. The number of amides is 3. The minimum absolute atomic E-state index is 0.129. The first-order valence-corrected chi connectivity index (χ1v) is 17.1. The second-order valence-corrected chi connectivity index (χ2v) is 14.2. The number of alkyl carbamates (subject to hydrolysis) is 2. The van der Waals surface area contributed by atoms with Crippen LogP contribution in [-0.2, 0) is 34.9 Å². The van der Waals surface area contributed by atoms with Gasteiger partial charge in [-0.15, -0.1) is 0 Å². The van der Waals surface area contributed by atoms with Crippen molar-refractivity contribution in [3.63, 3.8) is 0 Å². The predicted molar refractivity (Wildman–Crippen MR) is 181 cm³/mol. The molecule has 4 aliphatic rings. The molecule has 4 bridgehead atoms. The molecule has 0 radical (unpaired) electrons. The summed E-state index contributed by atoms with van der Waals surface area (Å²) in [4.78, 5) is 40.9. The van der Waals surface area contributed by atoms with Gasteiger partial charge in [-0.3, -0.25) is 15.0 Å². The molecule has 12 atom stereocenters. The highest BCUT2D eigenvalue weighted by Gasteiger charge is 2.64. The molecule has 1 aromatic carbocycles. The molecule has 0 saturated carbocycles. The summed E-state index contributed by atoms with van der Waals surface area (Å²) in [6.07, 6.45) is -10.4. The number of hydrogen-bond acceptors (Lipinski definition) is 14. The van der Waals surface area contributed by atoms with E-state index in [0.29, 0.717) is 5.56 Å². The second-order valence-electron chi connectivity index (χ2n) is 13.8. The maximum Gasteiger partial charge on any atom is 0.409 e. The van der Waals surface area contributed by atoms with E-state index in [9.17, 15) is 45.0 Å². The lowest BCUT2D eigenvalue weighted by molar-refractivity contribution is -0.228. The average molecular weight is 756 g/mol. The summed E-state index contributed by atoms with van der Waals surface area (Å²) in [5.41, 5.74) is -2.28. The molecule has 5 rings (SSSR count). The standard InChI is InChI=1S/C34H46ClN3O14/c1-15-7-6-8-22(48-5)34(47)13-20(50-32(46)37-34)16(2)29-33(3,52-29)23(51-31(45)36-4)12-24(41)38(18-10-17(9-15)11-19(40)25(18)35)30-28(44)27(43)26(42)21(14-39)49-30/h6-8,10-11,16,20-23,26-30,39-40,42-44,47H,9,12-14H2,1-5H3,(H,36,45)(H,37,46)/b8-6?,15-7-/t16-,20+,21+,22-,23+,26+,27-,28+,29+,30+,33+,34+/m1/s1. The summed E-state index contributed by atoms with van der Waals surface area (Å²) >= 11 is 6.62. The molecule has 0 spiro atoms. The maximum absolute atomic E-state index is 14.6. The van der Waals surface area contributed by atoms with Gasteiger partial charge in [0.1, 0.15) is 59.1 Å². The SMILES string of the molecule is CNC(=O)O[C@H]1CC(=O)N([C@H]2O[C@@H](CO)[C@H](O)[C@@H](O)[C@@H]2O)c2cc(cc(O)c2Cl)C/C(C)=C\C=C[C@@H](OC)[C@@]2(O)C[C@H](OC(=O)N2)[C@@H](C)[C@@H]2O[C@@]12C. The van der Waals surface area contributed by atoms with Crippen LogP contribution in [-0.4, -0.2) is 136 Å². The molecule has 1 aromatic rings. The topological polar surface area (TPSA) is 249 Å². The number of ether oxygens (including phenoxy) is 5. The number of nitrogens with one attached hydrogen (secondary N) is 2. The van der Waals surface area contributed by atoms with E-state index in [1.165, 1.54) is 26.3 Å². The number of allylic oxidation sites excluding steroid dienone is 3. The summed E-state index contributed by atoms with van der Waals surface area (Å²) in [7, 11) is 2.68. The minimum atomic E-state index is -1.95. The van der Waals surface area contributed by atoms with Gasteiger partial charge in [0, 0.05) is 26.5 Å². The largest absolute Gasteiger partial charge is 0.506 e. The number of aromatic hydroxyl groups is 1. The highest BCUT2D eigenvalue weighted by atomic mass is 35.5. The van der Waals surface area contributed by atoms with Gasteiger partial charge in [-0.05, 0) is 38.0 Å².